The highest BCUT2D eigenvalue weighted by atomic mass is 32.2. The first-order chi connectivity index (χ1) is 9.34. The molecule has 0 heterocycles. The molecule has 1 aromatic rings. The molecule has 2 N–H and O–H groups in total. The molecule has 0 bridgehead atoms. The van der Waals surface area contributed by atoms with E-state index in [0.717, 1.165) is 11.8 Å². The predicted molar refractivity (Wildman–Crippen MR) is 83.8 cm³/mol. The smallest absolute Gasteiger partial charge is 0.0113 e. The molecule has 19 heavy (non-hydrogen) atoms. The van der Waals surface area contributed by atoms with Crippen LogP contribution in [-0.2, 0) is 5.41 Å². The van der Waals surface area contributed by atoms with Gasteiger partial charge in [0.2, 0.25) is 0 Å². The number of hydrogen-bond donors (Lipinski definition) is 1. The van der Waals surface area contributed by atoms with Gasteiger partial charge in [0, 0.05) is 22.1 Å². The molecule has 2 aliphatic rings. The van der Waals surface area contributed by atoms with E-state index in [-0.39, 0.29) is 5.41 Å². The summed E-state index contributed by atoms with van der Waals surface area (Å²) in [6, 6.07) is 9.06. The highest BCUT2D eigenvalue weighted by Gasteiger charge is 2.34. The molecule has 0 spiro atoms. The molecule has 0 saturated heterocycles. The van der Waals surface area contributed by atoms with E-state index in [0.29, 0.717) is 0 Å². The van der Waals surface area contributed by atoms with Gasteiger partial charge in [-0.25, -0.2) is 0 Å². The average Bonchev–Trinajstić information content (AvgIpc) is 2.44. The summed E-state index contributed by atoms with van der Waals surface area (Å²) in [5, 5.41) is 0.861. The van der Waals surface area contributed by atoms with Crippen LogP contribution in [0.3, 0.4) is 0 Å². The summed E-state index contributed by atoms with van der Waals surface area (Å²) in [4.78, 5) is 1.51. The molecular weight excluding hydrogens is 250 g/mol. The van der Waals surface area contributed by atoms with E-state index < -0.39 is 0 Å². The maximum atomic E-state index is 6.21. The van der Waals surface area contributed by atoms with E-state index in [1.54, 1.807) is 5.56 Å². The zero-order valence-corrected chi connectivity index (χ0v) is 12.6. The molecule has 0 aromatic heterocycles. The Morgan fingerprint density at radius 2 is 1.79 bits per heavy atom. The van der Waals surface area contributed by atoms with Crippen LogP contribution in [0, 0.1) is 0 Å². The molecule has 3 rings (SSSR count). The molecule has 0 amide bonds. The Morgan fingerprint density at radius 3 is 2.42 bits per heavy atom. The molecule has 0 atom stereocenters. The Labute approximate surface area is 121 Å². The van der Waals surface area contributed by atoms with Crippen molar-refractivity contribution in [1.82, 2.24) is 0 Å². The molecule has 104 valence electrons. The highest BCUT2D eigenvalue weighted by Crippen LogP contribution is 2.45. The third-order valence-electron chi connectivity index (χ3n) is 5.01. The molecule has 0 aliphatic heterocycles. The van der Waals surface area contributed by atoms with Gasteiger partial charge in [0.15, 0.2) is 0 Å². The van der Waals surface area contributed by atoms with E-state index >= 15 is 0 Å². The number of rotatable bonds is 4. The summed E-state index contributed by atoms with van der Waals surface area (Å²) >= 11 is 2.11. The van der Waals surface area contributed by atoms with Crippen molar-refractivity contribution in [3.8, 4) is 0 Å². The van der Waals surface area contributed by atoms with E-state index in [2.05, 4.69) is 36.0 Å². The van der Waals surface area contributed by atoms with Crippen LogP contribution in [0.5, 0.6) is 0 Å². The highest BCUT2D eigenvalue weighted by molar-refractivity contribution is 8.00. The van der Waals surface area contributed by atoms with Gasteiger partial charge in [0.25, 0.3) is 0 Å². The van der Waals surface area contributed by atoms with Gasteiger partial charge in [-0.15, -0.1) is 11.8 Å². The first kappa shape index (κ1) is 13.5. The van der Waals surface area contributed by atoms with Gasteiger partial charge < -0.3 is 5.73 Å². The van der Waals surface area contributed by atoms with Crippen LogP contribution < -0.4 is 5.73 Å². The Morgan fingerprint density at radius 1 is 1.05 bits per heavy atom. The van der Waals surface area contributed by atoms with Crippen LogP contribution in [0.2, 0.25) is 0 Å². The molecule has 2 fully saturated rings. The van der Waals surface area contributed by atoms with Crippen LogP contribution in [0.15, 0.2) is 29.2 Å². The Hall–Kier alpha value is -0.470. The van der Waals surface area contributed by atoms with Crippen LogP contribution in [0.1, 0.15) is 56.9 Å². The summed E-state index contributed by atoms with van der Waals surface area (Å²) in [5.41, 5.74) is 8.03. The average molecular weight is 275 g/mol. The van der Waals surface area contributed by atoms with Gasteiger partial charge in [-0.3, -0.25) is 0 Å². The van der Waals surface area contributed by atoms with Gasteiger partial charge in [-0.1, -0.05) is 43.9 Å². The number of hydrogen-bond acceptors (Lipinski definition) is 2. The summed E-state index contributed by atoms with van der Waals surface area (Å²) < 4.78 is 0. The Bertz CT molecular complexity index is 419. The SMILES string of the molecule is NCC1(c2ccccc2SC2CCC2)CCCCC1. The van der Waals surface area contributed by atoms with Crippen LogP contribution in [0.25, 0.3) is 0 Å². The predicted octanol–water partition coefficient (Wildman–Crippen LogP) is 4.49. The topological polar surface area (TPSA) is 26.0 Å². The maximum absolute atomic E-state index is 6.21. The minimum absolute atomic E-state index is 0.269. The minimum atomic E-state index is 0.269. The van der Waals surface area contributed by atoms with Crippen molar-refractivity contribution in [2.24, 2.45) is 5.73 Å². The fourth-order valence-electron chi connectivity index (χ4n) is 3.49. The lowest BCUT2D eigenvalue weighted by molar-refractivity contribution is 0.296. The number of thioether (sulfide) groups is 1. The zero-order chi connectivity index (χ0) is 13.1. The van der Waals surface area contributed by atoms with Gasteiger partial charge in [-0.2, -0.15) is 0 Å². The first-order valence-electron chi connectivity index (χ1n) is 7.80. The largest absolute Gasteiger partial charge is 0.330 e. The van der Waals surface area contributed by atoms with Crippen molar-refractivity contribution in [3.05, 3.63) is 29.8 Å². The third-order valence-corrected chi connectivity index (χ3v) is 6.42. The van der Waals surface area contributed by atoms with Gasteiger partial charge >= 0.3 is 0 Å². The standard InChI is InChI=1S/C17H25NS/c18-13-17(11-4-1-5-12-17)15-9-2-3-10-16(15)19-14-7-6-8-14/h2-3,9-10,14H,1,4-8,11-13,18H2. The van der Waals surface area contributed by atoms with Gasteiger partial charge in [-0.05, 0) is 37.3 Å². The fraction of sp³-hybridized carbons (Fsp3) is 0.647. The number of nitrogens with two attached hydrogens (primary N) is 1. The lowest BCUT2D eigenvalue weighted by Gasteiger charge is -2.39. The second-order valence-corrected chi connectivity index (χ2v) is 7.55. The lowest BCUT2D eigenvalue weighted by Crippen LogP contribution is -2.37. The second kappa shape index (κ2) is 5.88. The van der Waals surface area contributed by atoms with E-state index in [1.165, 1.54) is 56.3 Å². The van der Waals surface area contributed by atoms with Crippen molar-refractivity contribution in [2.45, 2.75) is 66.9 Å². The summed E-state index contributed by atoms with van der Waals surface area (Å²) in [6.07, 6.45) is 10.9. The van der Waals surface area contributed by atoms with Crippen molar-refractivity contribution >= 4 is 11.8 Å². The number of benzene rings is 1. The quantitative estimate of drug-likeness (QED) is 0.876. The fourth-order valence-corrected chi connectivity index (χ4v) is 4.98. The van der Waals surface area contributed by atoms with Crippen molar-refractivity contribution in [2.75, 3.05) is 6.54 Å². The third kappa shape index (κ3) is 2.71. The molecule has 0 unspecified atom stereocenters. The molecule has 2 aliphatic carbocycles. The Balaban J connectivity index is 1.88. The van der Waals surface area contributed by atoms with Crippen molar-refractivity contribution in [3.63, 3.8) is 0 Å². The summed E-state index contributed by atoms with van der Waals surface area (Å²) in [6.45, 7) is 0.815. The summed E-state index contributed by atoms with van der Waals surface area (Å²) in [5.74, 6) is 0. The van der Waals surface area contributed by atoms with Crippen LogP contribution in [0.4, 0.5) is 0 Å². The second-order valence-electron chi connectivity index (χ2n) is 6.21. The van der Waals surface area contributed by atoms with E-state index in [4.69, 9.17) is 5.73 Å². The van der Waals surface area contributed by atoms with Crippen LogP contribution >= 0.6 is 11.8 Å². The molecule has 1 aromatic carbocycles. The monoisotopic (exact) mass is 275 g/mol. The molecule has 2 saturated carbocycles. The molecule has 1 nitrogen and oxygen atoms in total. The lowest BCUT2D eigenvalue weighted by atomic mass is 9.69. The first-order valence-corrected chi connectivity index (χ1v) is 8.68. The normalized spacial score (nSPS) is 23.0. The Kier molecular flexibility index (Phi) is 4.18. The minimum Gasteiger partial charge on any atom is -0.330 e. The van der Waals surface area contributed by atoms with Crippen molar-refractivity contribution in [1.29, 1.82) is 0 Å². The molecular formula is C17H25NS. The molecule has 0 radical (unpaired) electrons. The van der Waals surface area contributed by atoms with Gasteiger partial charge in [0.1, 0.15) is 0 Å². The zero-order valence-electron chi connectivity index (χ0n) is 11.7. The summed E-state index contributed by atoms with van der Waals surface area (Å²) in [7, 11) is 0. The maximum Gasteiger partial charge on any atom is 0.0113 e. The van der Waals surface area contributed by atoms with Gasteiger partial charge in [0.05, 0.1) is 0 Å². The van der Waals surface area contributed by atoms with E-state index in [1.807, 2.05) is 0 Å². The van der Waals surface area contributed by atoms with E-state index in [9.17, 15) is 0 Å². The van der Waals surface area contributed by atoms with Crippen molar-refractivity contribution < 1.29 is 0 Å². The van der Waals surface area contributed by atoms with Crippen LogP contribution in [-0.4, -0.2) is 11.8 Å². The molecule has 2 heteroatoms.